The Balaban J connectivity index is 3.62. The highest BCUT2D eigenvalue weighted by atomic mass is 79.9. The van der Waals surface area contributed by atoms with Crippen molar-refractivity contribution in [1.29, 1.82) is 0 Å². The van der Waals surface area contributed by atoms with E-state index in [1.807, 2.05) is 0 Å². The van der Waals surface area contributed by atoms with E-state index in [0.29, 0.717) is 6.07 Å². The van der Waals surface area contributed by atoms with Crippen LogP contribution >= 0.6 is 15.9 Å². The molecule has 0 fully saturated rings. The Kier molecular flexibility index (Phi) is 5.07. The number of ether oxygens (including phenoxy) is 2. The minimum Gasteiger partial charge on any atom is -0.465 e. The van der Waals surface area contributed by atoms with Gasteiger partial charge in [-0.3, -0.25) is 0 Å². The molecule has 0 amide bonds. The molecule has 0 unspecified atom stereocenters. The summed E-state index contributed by atoms with van der Waals surface area (Å²) in [5, 5.41) is -0.272. The fourth-order valence-electron chi connectivity index (χ4n) is 1.35. The van der Waals surface area contributed by atoms with Crippen molar-refractivity contribution in [1.82, 2.24) is 4.98 Å². The number of aromatic nitrogens is 1. The molecule has 1 aromatic heterocycles. The van der Waals surface area contributed by atoms with Crippen LogP contribution in [0, 0.1) is 0 Å². The average Bonchev–Trinajstić information content (AvgIpc) is 2.33. The van der Waals surface area contributed by atoms with E-state index in [4.69, 9.17) is 0 Å². The zero-order valence-corrected chi connectivity index (χ0v) is 11.7. The van der Waals surface area contributed by atoms with Crippen LogP contribution in [-0.2, 0) is 16.2 Å². The minimum atomic E-state index is -5.28. The second-order valence-electron chi connectivity index (χ2n) is 3.51. The summed E-state index contributed by atoms with van der Waals surface area (Å²) in [7, 11) is 0.720. The number of carbonyl (C=O) groups excluding carboxylic acids is 1. The number of hydrogen-bond donors (Lipinski definition) is 0. The third-order valence-corrected chi connectivity index (χ3v) is 2.63. The Bertz CT molecular complexity index is 543. The Morgan fingerprint density at radius 2 is 1.86 bits per heavy atom. The lowest BCUT2D eigenvalue weighted by atomic mass is 10.1. The molecular formula is C10H6BrF6NO3. The van der Waals surface area contributed by atoms with Gasteiger partial charge in [0.15, 0.2) is 5.69 Å². The zero-order valence-electron chi connectivity index (χ0n) is 10.1. The molecule has 0 N–H and O–H groups in total. The van der Waals surface area contributed by atoms with Crippen LogP contribution in [0.2, 0.25) is 0 Å². The zero-order chi connectivity index (χ0) is 16.4. The third kappa shape index (κ3) is 4.48. The Morgan fingerprint density at radius 1 is 1.29 bits per heavy atom. The molecule has 4 nitrogen and oxygen atoms in total. The summed E-state index contributed by atoms with van der Waals surface area (Å²) in [6, 6.07) is 0.573. The predicted molar refractivity (Wildman–Crippen MR) is 59.9 cm³/mol. The molecule has 0 radical (unpaired) electrons. The number of esters is 1. The van der Waals surface area contributed by atoms with Crippen molar-refractivity contribution < 1.29 is 40.6 Å². The van der Waals surface area contributed by atoms with E-state index in [1.165, 1.54) is 0 Å². The maximum absolute atomic E-state index is 12.9. The maximum Gasteiger partial charge on any atom is 0.573 e. The Hall–Kier alpha value is -1.52. The highest BCUT2D eigenvalue weighted by Crippen LogP contribution is 2.37. The van der Waals surface area contributed by atoms with Crippen LogP contribution in [0.1, 0.15) is 21.7 Å². The summed E-state index contributed by atoms with van der Waals surface area (Å²) in [6.45, 7) is 0. The van der Waals surface area contributed by atoms with Gasteiger partial charge in [-0.05, 0) is 0 Å². The molecule has 0 aliphatic rings. The van der Waals surface area contributed by atoms with Gasteiger partial charge in [0.1, 0.15) is 11.3 Å². The van der Waals surface area contributed by atoms with Gasteiger partial charge >= 0.3 is 18.5 Å². The van der Waals surface area contributed by atoms with Gasteiger partial charge in [0.25, 0.3) is 0 Å². The van der Waals surface area contributed by atoms with Crippen molar-refractivity contribution in [3.8, 4) is 5.75 Å². The van der Waals surface area contributed by atoms with E-state index in [-0.39, 0.29) is 5.33 Å². The molecular weight excluding hydrogens is 376 g/mol. The van der Waals surface area contributed by atoms with Crippen molar-refractivity contribution in [2.24, 2.45) is 0 Å². The van der Waals surface area contributed by atoms with Crippen molar-refractivity contribution in [2.45, 2.75) is 17.9 Å². The maximum atomic E-state index is 12.9. The van der Waals surface area contributed by atoms with Crippen molar-refractivity contribution in [3.63, 3.8) is 0 Å². The molecule has 0 aliphatic carbocycles. The number of methoxy groups -OCH3 is 1. The standard InChI is InChI=1S/C10H6BrF6NO3/c1-20-8(19)6-5(21-10(15,16)17)2-4(3-11)18-7(6)9(12,13)14/h2H,3H2,1H3. The fourth-order valence-corrected chi connectivity index (χ4v) is 1.64. The normalized spacial score (nSPS) is 12.2. The Labute approximate surface area is 122 Å². The van der Waals surface area contributed by atoms with Gasteiger partial charge < -0.3 is 9.47 Å². The summed E-state index contributed by atoms with van der Waals surface area (Å²) in [5.74, 6) is -2.97. The van der Waals surface area contributed by atoms with Crippen LogP contribution in [-0.4, -0.2) is 24.4 Å². The minimum absolute atomic E-state index is 0.272. The molecule has 1 heterocycles. The van der Waals surface area contributed by atoms with E-state index in [1.54, 1.807) is 0 Å². The number of pyridine rings is 1. The van der Waals surface area contributed by atoms with Crippen LogP contribution in [0.25, 0.3) is 0 Å². The van der Waals surface area contributed by atoms with Gasteiger partial charge in [0.2, 0.25) is 0 Å². The lowest BCUT2D eigenvalue weighted by Crippen LogP contribution is -2.23. The summed E-state index contributed by atoms with van der Waals surface area (Å²) < 4.78 is 82.9. The number of alkyl halides is 7. The number of rotatable bonds is 3. The first-order chi connectivity index (χ1) is 9.49. The number of hydrogen-bond acceptors (Lipinski definition) is 4. The molecule has 0 saturated heterocycles. The molecule has 0 saturated carbocycles. The van der Waals surface area contributed by atoms with Gasteiger partial charge in [0.05, 0.1) is 12.8 Å². The van der Waals surface area contributed by atoms with Crippen LogP contribution < -0.4 is 4.74 Å². The highest BCUT2D eigenvalue weighted by molar-refractivity contribution is 9.08. The first-order valence-corrected chi connectivity index (χ1v) is 6.13. The van der Waals surface area contributed by atoms with Crippen LogP contribution in [0.3, 0.4) is 0 Å². The molecule has 0 aromatic carbocycles. The SMILES string of the molecule is COC(=O)c1c(OC(F)(F)F)cc(CBr)nc1C(F)(F)F. The molecule has 11 heteroatoms. The number of carbonyl (C=O) groups is 1. The monoisotopic (exact) mass is 381 g/mol. The van der Waals surface area contributed by atoms with Crippen molar-refractivity contribution in [3.05, 3.63) is 23.0 Å². The van der Waals surface area contributed by atoms with Gasteiger partial charge in [-0.15, -0.1) is 13.2 Å². The smallest absolute Gasteiger partial charge is 0.465 e. The lowest BCUT2D eigenvalue weighted by molar-refractivity contribution is -0.275. The van der Waals surface area contributed by atoms with Crippen LogP contribution in [0.15, 0.2) is 6.07 Å². The summed E-state index contributed by atoms with van der Waals surface area (Å²) in [4.78, 5) is 14.5. The summed E-state index contributed by atoms with van der Waals surface area (Å²) in [5.41, 5.74) is -3.65. The third-order valence-electron chi connectivity index (χ3n) is 2.06. The first-order valence-electron chi connectivity index (χ1n) is 5.00. The lowest BCUT2D eigenvalue weighted by Gasteiger charge is -2.17. The number of nitrogens with zero attached hydrogens (tertiary/aromatic N) is 1. The van der Waals surface area contributed by atoms with E-state index >= 15 is 0 Å². The topological polar surface area (TPSA) is 48.4 Å². The predicted octanol–water partition coefficient (Wildman–Crippen LogP) is 3.68. The molecule has 0 atom stereocenters. The van der Waals surface area contributed by atoms with Crippen LogP contribution in [0.5, 0.6) is 5.75 Å². The van der Waals surface area contributed by atoms with Gasteiger partial charge in [-0.1, -0.05) is 15.9 Å². The van der Waals surface area contributed by atoms with E-state index in [9.17, 15) is 31.1 Å². The highest BCUT2D eigenvalue weighted by Gasteiger charge is 2.42. The van der Waals surface area contributed by atoms with E-state index < -0.39 is 41.2 Å². The first kappa shape index (κ1) is 17.5. The quantitative estimate of drug-likeness (QED) is 0.455. The van der Waals surface area contributed by atoms with E-state index in [2.05, 4.69) is 30.4 Å². The number of halogens is 7. The largest absolute Gasteiger partial charge is 0.573 e. The van der Waals surface area contributed by atoms with Gasteiger partial charge in [-0.2, -0.15) is 13.2 Å². The molecule has 21 heavy (non-hydrogen) atoms. The average molecular weight is 382 g/mol. The second kappa shape index (κ2) is 6.08. The van der Waals surface area contributed by atoms with Crippen molar-refractivity contribution in [2.75, 3.05) is 7.11 Å². The molecule has 0 aliphatic heterocycles. The van der Waals surface area contributed by atoms with Gasteiger partial charge in [0, 0.05) is 11.4 Å². The fraction of sp³-hybridized carbons (Fsp3) is 0.400. The molecule has 118 valence electrons. The summed E-state index contributed by atoms with van der Waals surface area (Å²) in [6.07, 6.45) is -10.4. The second-order valence-corrected chi connectivity index (χ2v) is 4.07. The van der Waals surface area contributed by atoms with Crippen molar-refractivity contribution >= 4 is 21.9 Å². The van der Waals surface area contributed by atoms with E-state index in [0.717, 1.165) is 7.11 Å². The molecule has 0 bridgehead atoms. The molecule has 0 spiro atoms. The van der Waals surface area contributed by atoms with Gasteiger partial charge in [-0.25, -0.2) is 9.78 Å². The molecule has 1 rings (SSSR count). The molecule has 1 aromatic rings. The summed E-state index contributed by atoms with van der Waals surface area (Å²) >= 11 is 2.77. The van der Waals surface area contributed by atoms with Crippen LogP contribution in [0.4, 0.5) is 26.3 Å². The Morgan fingerprint density at radius 3 is 2.24 bits per heavy atom.